The first kappa shape index (κ1) is 27.1. The summed E-state index contributed by atoms with van der Waals surface area (Å²) in [6.45, 7) is -0.243. The third-order valence-electron chi connectivity index (χ3n) is 6.87. The summed E-state index contributed by atoms with van der Waals surface area (Å²) in [5.74, 6) is -1.27. The lowest BCUT2D eigenvalue weighted by atomic mass is 9.83. The zero-order chi connectivity index (χ0) is 28.7. The summed E-state index contributed by atoms with van der Waals surface area (Å²) < 4.78 is 10.9. The van der Waals surface area contributed by atoms with Gasteiger partial charge in [0.2, 0.25) is 11.8 Å². The summed E-state index contributed by atoms with van der Waals surface area (Å²) in [5, 5.41) is 3.12. The molecule has 3 amide bonds. The molecule has 0 bridgehead atoms. The van der Waals surface area contributed by atoms with Crippen LogP contribution in [0.5, 0.6) is 11.5 Å². The molecule has 0 radical (unpaired) electrons. The highest BCUT2D eigenvalue weighted by atomic mass is 35.5. The SMILES string of the molecule is COc1ccc(NC(=O)COc2cccc(C3c4sc(=O)[nH]c4SC4C(=O)N(c5ccc(Cl)cc5)C(=O)C43)c2)cc1. The van der Waals surface area contributed by atoms with E-state index in [1.807, 2.05) is 6.07 Å². The summed E-state index contributed by atoms with van der Waals surface area (Å²) in [7, 11) is 1.56. The Kier molecular flexibility index (Phi) is 7.33. The highest BCUT2D eigenvalue weighted by Gasteiger charge is 2.56. The van der Waals surface area contributed by atoms with Gasteiger partial charge in [-0.3, -0.25) is 19.2 Å². The van der Waals surface area contributed by atoms with Gasteiger partial charge in [-0.25, -0.2) is 4.90 Å². The second-order valence-corrected chi connectivity index (χ2v) is 12.0. The Labute approximate surface area is 247 Å². The number of methoxy groups -OCH3 is 1. The van der Waals surface area contributed by atoms with Gasteiger partial charge in [-0.15, -0.1) is 0 Å². The molecule has 2 N–H and O–H groups in total. The van der Waals surface area contributed by atoms with Crippen molar-refractivity contribution in [2.24, 2.45) is 5.92 Å². The maximum atomic E-state index is 13.8. The van der Waals surface area contributed by atoms with E-state index in [4.69, 9.17) is 21.1 Å². The average Bonchev–Trinajstić information content (AvgIpc) is 3.47. The Morgan fingerprint density at radius 1 is 1.00 bits per heavy atom. The molecule has 3 unspecified atom stereocenters. The lowest BCUT2D eigenvalue weighted by molar-refractivity contribution is -0.122. The maximum Gasteiger partial charge on any atom is 0.305 e. The van der Waals surface area contributed by atoms with Crippen LogP contribution in [0.2, 0.25) is 5.02 Å². The number of hydrogen-bond acceptors (Lipinski definition) is 8. The zero-order valence-corrected chi connectivity index (χ0v) is 23.8. The van der Waals surface area contributed by atoms with Gasteiger partial charge in [0, 0.05) is 21.5 Å². The monoisotopic (exact) mass is 607 g/mol. The van der Waals surface area contributed by atoms with Crippen LogP contribution in [-0.4, -0.2) is 41.7 Å². The third-order valence-corrected chi connectivity index (χ3v) is 9.52. The number of H-pyrrole nitrogens is 1. The minimum Gasteiger partial charge on any atom is -0.497 e. The number of hydrogen-bond donors (Lipinski definition) is 2. The van der Waals surface area contributed by atoms with Crippen LogP contribution in [0.3, 0.4) is 0 Å². The van der Waals surface area contributed by atoms with Gasteiger partial charge in [0.25, 0.3) is 5.91 Å². The summed E-state index contributed by atoms with van der Waals surface area (Å²) in [5.41, 5.74) is 1.74. The van der Waals surface area contributed by atoms with Gasteiger partial charge in [0.15, 0.2) is 6.61 Å². The van der Waals surface area contributed by atoms with Crippen molar-refractivity contribution in [3.05, 3.63) is 97.9 Å². The fraction of sp³-hybridized carbons (Fsp3) is 0.172. The lowest BCUT2D eigenvalue weighted by Crippen LogP contribution is -2.32. The Hall–Kier alpha value is -4.06. The standard InChI is InChI=1S/C29H22ClN3O6S2/c1-38-19-11-7-17(8-12-19)31-21(34)14-39-20-4-2-3-15(13-20)22-23-25(40-26-24(22)41-29(37)32-26)28(36)33(27(23)35)18-9-5-16(30)6-10-18/h2-13,22-23,25H,14H2,1H3,(H,31,34)(H,32,37). The van der Waals surface area contributed by atoms with Crippen LogP contribution in [0.4, 0.5) is 11.4 Å². The van der Waals surface area contributed by atoms with Crippen LogP contribution in [0, 0.1) is 5.92 Å². The molecule has 4 aromatic rings. The number of nitrogens with zero attached hydrogens (tertiary/aromatic N) is 1. The zero-order valence-electron chi connectivity index (χ0n) is 21.5. The third kappa shape index (κ3) is 5.23. The molecule has 0 aliphatic carbocycles. The molecule has 208 valence electrons. The summed E-state index contributed by atoms with van der Waals surface area (Å²) in [6.07, 6.45) is 0. The predicted molar refractivity (Wildman–Crippen MR) is 157 cm³/mol. The van der Waals surface area contributed by atoms with Gasteiger partial charge < -0.3 is 19.8 Å². The Morgan fingerprint density at radius 3 is 2.49 bits per heavy atom. The molecule has 1 fully saturated rings. The van der Waals surface area contributed by atoms with E-state index < -0.39 is 17.1 Å². The normalized spacial score (nSPS) is 19.5. The van der Waals surface area contributed by atoms with Crippen molar-refractivity contribution in [3.63, 3.8) is 0 Å². The van der Waals surface area contributed by atoms with Crippen LogP contribution < -0.4 is 24.6 Å². The number of carbonyl (C=O) groups excluding carboxylic acids is 3. The molecule has 6 rings (SSSR count). The molecule has 9 nitrogen and oxygen atoms in total. The Morgan fingerprint density at radius 2 is 1.76 bits per heavy atom. The minimum absolute atomic E-state index is 0.243. The number of amides is 3. The molecule has 41 heavy (non-hydrogen) atoms. The number of aromatic nitrogens is 1. The van der Waals surface area contributed by atoms with E-state index in [9.17, 15) is 19.2 Å². The lowest BCUT2D eigenvalue weighted by Gasteiger charge is -2.30. The summed E-state index contributed by atoms with van der Waals surface area (Å²) >= 11 is 8.26. The molecule has 3 atom stereocenters. The topological polar surface area (TPSA) is 118 Å². The van der Waals surface area contributed by atoms with Gasteiger partial charge in [-0.1, -0.05) is 46.8 Å². The molecule has 2 aliphatic heterocycles. The van der Waals surface area contributed by atoms with Crippen LogP contribution >= 0.6 is 34.7 Å². The molecular formula is C29H22ClN3O6S2. The average molecular weight is 608 g/mol. The summed E-state index contributed by atoms with van der Waals surface area (Å²) in [4.78, 5) is 56.7. The van der Waals surface area contributed by atoms with Crippen molar-refractivity contribution in [3.8, 4) is 11.5 Å². The van der Waals surface area contributed by atoms with E-state index in [2.05, 4.69) is 10.3 Å². The first-order valence-electron chi connectivity index (χ1n) is 12.5. The van der Waals surface area contributed by atoms with E-state index >= 15 is 0 Å². The van der Waals surface area contributed by atoms with Crippen molar-refractivity contribution in [1.29, 1.82) is 0 Å². The Bertz CT molecular complexity index is 1700. The smallest absolute Gasteiger partial charge is 0.305 e. The number of nitrogens with one attached hydrogen (secondary N) is 2. The number of thiazole rings is 1. The number of aromatic amines is 1. The number of fused-ring (bicyclic) bond motifs is 2. The van der Waals surface area contributed by atoms with Crippen molar-refractivity contribution in [1.82, 2.24) is 4.98 Å². The van der Waals surface area contributed by atoms with Gasteiger partial charge >= 0.3 is 4.87 Å². The molecule has 1 saturated heterocycles. The predicted octanol–water partition coefficient (Wildman–Crippen LogP) is 4.91. The van der Waals surface area contributed by atoms with Crippen molar-refractivity contribution in [2.75, 3.05) is 23.9 Å². The first-order valence-corrected chi connectivity index (χ1v) is 14.6. The van der Waals surface area contributed by atoms with E-state index in [0.717, 1.165) is 11.3 Å². The number of benzene rings is 3. The highest BCUT2D eigenvalue weighted by molar-refractivity contribution is 8.00. The van der Waals surface area contributed by atoms with E-state index in [-0.39, 0.29) is 29.2 Å². The van der Waals surface area contributed by atoms with Crippen LogP contribution in [0.1, 0.15) is 16.4 Å². The van der Waals surface area contributed by atoms with Crippen LogP contribution in [0.25, 0.3) is 0 Å². The molecule has 0 spiro atoms. The minimum atomic E-state index is -0.740. The van der Waals surface area contributed by atoms with E-state index in [1.54, 1.807) is 73.8 Å². The summed E-state index contributed by atoms with van der Waals surface area (Å²) in [6, 6.07) is 20.5. The number of carbonyl (C=O) groups is 3. The fourth-order valence-electron chi connectivity index (χ4n) is 5.04. The molecule has 2 aliphatic rings. The van der Waals surface area contributed by atoms with Crippen molar-refractivity contribution >= 4 is 63.8 Å². The molecule has 3 heterocycles. The molecule has 0 saturated carbocycles. The number of ether oxygens (including phenoxy) is 2. The number of rotatable bonds is 7. The van der Waals surface area contributed by atoms with Gasteiger partial charge in [0.05, 0.1) is 23.7 Å². The second-order valence-electron chi connectivity index (χ2n) is 9.38. The van der Waals surface area contributed by atoms with Crippen molar-refractivity contribution in [2.45, 2.75) is 16.2 Å². The molecule has 1 aromatic heterocycles. The second kappa shape index (κ2) is 11.1. The Balaban J connectivity index is 1.26. The first-order chi connectivity index (χ1) is 19.8. The van der Waals surface area contributed by atoms with Gasteiger partial charge in [-0.05, 0) is 66.2 Å². The van der Waals surface area contributed by atoms with E-state index in [0.29, 0.717) is 43.4 Å². The van der Waals surface area contributed by atoms with E-state index in [1.165, 1.54) is 16.7 Å². The van der Waals surface area contributed by atoms with Gasteiger partial charge in [0.1, 0.15) is 16.7 Å². The molecule has 12 heteroatoms. The fourth-order valence-corrected chi connectivity index (χ4v) is 7.68. The van der Waals surface area contributed by atoms with Crippen LogP contribution in [0.15, 0.2) is 82.6 Å². The number of thioether (sulfide) groups is 1. The maximum absolute atomic E-state index is 13.8. The molecular weight excluding hydrogens is 586 g/mol. The number of imide groups is 1. The van der Waals surface area contributed by atoms with Gasteiger partial charge in [-0.2, -0.15) is 0 Å². The quantitative estimate of drug-likeness (QED) is 0.287. The van der Waals surface area contributed by atoms with Crippen LogP contribution in [-0.2, 0) is 14.4 Å². The number of halogens is 1. The highest BCUT2D eigenvalue weighted by Crippen LogP contribution is 2.53. The van der Waals surface area contributed by atoms with Crippen molar-refractivity contribution < 1.29 is 23.9 Å². The number of anilines is 2. The largest absolute Gasteiger partial charge is 0.497 e. The molecule has 3 aromatic carbocycles.